The summed E-state index contributed by atoms with van der Waals surface area (Å²) >= 11 is 0. The van der Waals surface area contributed by atoms with E-state index in [0.717, 1.165) is 5.56 Å². The second-order valence-corrected chi connectivity index (χ2v) is 5.31. The number of para-hydroxylation sites is 1. The molecule has 0 saturated carbocycles. The standard InChI is InChI=1S/C18H16N2O5/c1-11(21)12-7-16(19-9-12)18(22)24-10-13-8-15(20-25-13)14-5-3-4-6-17(14)23-2/h3-9,19H,10H2,1-2H3. The first kappa shape index (κ1) is 16.5. The number of hydrogen-bond donors (Lipinski definition) is 1. The van der Waals surface area contributed by atoms with E-state index in [1.165, 1.54) is 19.2 Å². The molecule has 0 aliphatic carbocycles. The van der Waals surface area contributed by atoms with Crippen LogP contribution in [0.4, 0.5) is 0 Å². The molecule has 0 radical (unpaired) electrons. The molecule has 0 atom stereocenters. The molecule has 7 heteroatoms. The van der Waals surface area contributed by atoms with Gasteiger partial charge in [0.25, 0.3) is 0 Å². The Morgan fingerprint density at radius 1 is 1.24 bits per heavy atom. The highest BCUT2D eigenvalue weighted by molar-refractivity contribution is 5.97. The van der Waals surface area contributed by atoms with Crippen molar-refractivity contribution in [3.63, 3.8) is 0 Å². The van der Waals surface area contributed by atoms with Gasteiger partial charge >= 0.3 is 5.97 Å². The zero-order valence-electron chi connectivity index (χ0n) is 13.7. The van der Waals surface area contributed by atoms with E-state index in [9.17, 15) is 9.59 Å². The fraction of sp³-hybridized carbons (Fsp3) is 0.167. The molecule has 1 aromatic carbocycles. The molecular formula is C18H16N2O5. The summed E-state index contributed by atoms with van der Waals surface area (Å²) in [6.07, 6.45) is 1.47. The number of aromatic amines is 1. The van der Waals surface area contributed by atoms with Gasteiger partial charge in [0.1, 0.15) is 17.1 Å². The van der Waals surface area contributed by atoms with Crippen molar-refractivity contribution >= 4 is 11.8 Å². The third kappa shape index (κ3) is 3.60. The summed E-state index contributed by atoms with van der Waals surface area (Å²) in [4.78, 5) is 25.9. The third-order valence-corrected chi connectivity index (χ3v) is 3.60. The Labute approximate surface area is 143 Å². The smallest absolute Gasteiger partial charge is 0.355 e. The van der Waals surface area contributed by atoms with Gasteiger partial charge in [0, 0.05) is 23.4 Å². The van der Waals surface area contributed by atoms with Crippen LogP contribution < -0.4 is 4.74 Å². The van der Waals surface area contributed by atoms with Crippen molar-refractivity contribution < 1.29 is 23.6 Å². The number of ketones is 1. The van der Waals surface area contributed by atoms with Crippen molar-refractivity contribution in [2.45, 2.75) is 13.5 Å². The predicted octanol–water partition coefficient (Wildman–Crippen LogP) is 3.24. The second kappa shape index (κ2) is 7.04. The normalized spacial score (nSPS) is 10.5. The maximum absolute atomic E-state index is 12.0. The van der Waals surface area contributed by atoms with Crippen LogP contribution in [0.1, 0.15) is 33.5 Å². The molecule has 1 N–H and O–H groups in total. The third-order valence-electron chi connectivity index (χ3n) is 3.60. The van der Waals surface area contributed by atoms with Crippen molar-refractivity contribution in [2.75, 3.05) is 7.11 Å². The van der Waals surface area contributed by atoms with Gasteiger partial charge in [0.15, 0.2) is 18.2 Å². The summed E-state index contributed by atoms with van der Waals surface area (Å²) in [6, 6.07) is 10.5. The number of nitrogens with zero attached hydrogens (tertiary/aromatic N) is 1. The molecule has 2 heterocycles. The lowest BCUT2D eigenvalue weighted by molar-refractivity contribution is 0.0431. The van der Waals surface area contributed by atoms with Gasteiger partial charge in [-0.3, -0.25) is 4.79 Å². The number of esters is 1. The average Bonchev–Trinajstić information content (AvgIpc) is 3.29. The molecule has 0 saturated heterocycles. The Balaban J connectivity index is 1.67. The number of carbonyl (C=O) groups is 2. The number of ether oxygens (including phenoxy) is 2. The number of H-pyrrole nitrogens is 1. The van der Waals surface area contributed by atoms with E-state index in [0.29, 0.717) is 22.8 Å². The van der Waals surface area contributed by atoms with Gasteiger partial charge in [-0.1, -0.05) is 17.3 Å². The van der Waals surface area contributed by atoms with Gasteiger partial charge in [-0.25, -0.2) is 4.79 Å². The van der Waals surface area contributed by atoms with Crippen molar-refractivity contribution in [1.82, 2.24) is 10.1 Å². The molecule has 0 spiro atoms. The fourth-order valence-electron chi connectivity index (χ4n) is 2.29. The summed E-state index contributed by atoms with van der Waals surface area (Å²) in [5.74, 6) is 0.352. The van der Waals surface area contributed by atoms with E-state index in [1.807, 2.05) is 24.3 Å². The Kier molecular flexibility index (Phi) is 4.65. The summed E-state index contributed by atoms with van der Waals surface area (Å²) < 4.78 is 15.7. The maximum atomic E-state index is 12.0. The minimum absolute atomic E-state index is 0.0740. The lowest BCUT2D eigenvalue weighted by atomic mass is 10.1. The molecule has 0 unspecified atom stereocenters. The summed E-state index contributed by atoms with van der Waals surface area (Å²) in [5.41, 5.74) is 1.99. The maximum Gasteiger partial charge on any atom is 0.355 e. The van der Waals surface area contributed by atoms with Crippen LogP contribution in [0.2, 0.25) is 0 Å². The first-order valence-electron chi connectivity index (χ1n) is 7.54. The SMILES string of the molecule is COc1ccccc1-c1cc(COC(=O)c2cc(C(C)=O)c[nH]2)on1. The van der Waals surface area contributed by atoms with Gasteiger partial charge in [0.2, 0.25) is 0 Å². The number of carbonyl (C=O) groups excluding carboxylic acids is 2. The van der Waals surface area contributed by atoms with Crippen LogP contribution in [0.3, 0.4) is 0 Å². The molecule has 0 fully saturated rings. The zero-order valence-corrected chi connectivity index (χ0v) is 13.7. The van der Waals surface area contributed by atoms with E-state index >= 15 is 0 Å². The monoisotopic (exact) mass is 340 g/mol. The topological polar surface area (TPSA) is 94.4 Å². The molecule has 3 rings (SSSR count). The van der Waals surface area contributed by atoms with Crippen LogP contribution in [0, 0.1) is 0 Å². The van der Waals surface area contributed by atoms with E-state index < -0.39 is 5.97 Å². The van der Waals surface area contributed by atoms with Crippen molar-refractivity contribution in [2.24, 2.45) is 0 Å². The molecule has 128 valence electrons. The molecule has 0 amide bonds. The minimum atomic E-state index is -0.581. The van der Waals surface area contributed by atoms with Crippen LogP contribution in [-0.2, 0) is 11.3 Å². The Morgan fingerprint density at radius 3 is 2.76 bits per heavy atom. The molecule has 7 nitrogen and oxygen atoms in total. The van der Waals surface area contributed by atoms with E-state index in [2.05, 4.69) is 10.1 Å². The van der Waals surface area contributed by atoms with Gasteiger partial charge in [0.05, 0.1) is 7.11 Å². The number of aromatic nitrogens is 2. The molecule has 0 bridgehead atoms. The average molecular weight is 340 g/mol. The first-order chi connectivity index (χ1) is 12.1. The van der Waals surface area contributed by atoms with Crippen molar-refractivity contribution in [3.8, 4) is 17.0 Å². The van der Waals surface area contributed by atoms with Gasteiger partial charge in [-0.2, -0.15) is 0 Å². The molecular weight excluding hydrogens is 324 g/mol. The predicted molar refractivity (Wildman–Crippen MR) is 88.4 cm³/mol. The van der Waals surface area contributed by atoms with Crippen LogP contribution >= 0.6 is 0 Å². The summed E-state index contributed by atoms with van der Waals surface area (Å²) in [6.45, 7) is 1.35. The summed E-state index contributed by atoms with van der Waals surface area (Å²) in [5, 5.41) is 3.97. The number of rotatable bonds is 6. The zero-order chi connectivity index (χ0) is 17.8. The highest BCUT2D eigenvalue weighted by Gasteiger charge is 2.15. The Bertz CT molecular complexity index is 910. The molecule has 2 aromatic heterocycles. The molecule has 0 aliphatic heterocycles. The van der Waals surface area contributed by atoms with Crippen molar-refractivity contribution in [3.05, 3.63) is 59.6 Å². The van der Waals surface area contributed by atoms with Crippen LogP contribution in [0.25, 0.3) is 11.3 Å². The van der Waals surface area contributed by atoms with Gasteiger partial charge in [-0.15, -0.1) is 0 Å². The van der Waals surface area contributed by atoms with Crippen LogP contribution in [-0.4, -0.2) is 29.0 Å². The number of methoxy groups -OCH3 is 1. The van der Waals surface area contributed by atoms with E-state index in [4.69, 9.17) is 14.0 Å². The fourth-order valence-corrected chi connectivity index (χ4v) is 2.29. The van der Waals surface area contributed by atoms with E-state index in [1.54, 1.807) is 13.2 Å². The van der Waals surface area contributed by atoms with Crippen LogP contribution in [0.5, 0.6) is 5.75 Å². The molecule has 3 aromatic rings. The quantitative estimate of drug-likeness (QED) is 0.547. The number of nitrogens with one attached hydrogen (secondary N) is 1. The van der Waals surface area contributed by atoms with Crippen molar-refractivity contribution in [1.29, 1.82) is 0 Å². The number of Topliss-reactive ketones (excluding diaryl/α,β-unsaturated/α-hetero) is 1. The van der Waals surface area contributed by atoms with E-state index in [-0.39, 0.29) is 18.1 Å². The Hall–Kier alpha value is -3.35. The lowest BCUT2D eigenvalue weighted by Gasteiger charge is -2.03. The lowest BCUT2D eigenvalue weighted by Crippen LogP contribution is -2.05. The largest absolute Gasteiger partial charge is 0.496 e. The second-order valence-electron chi connectivity index (χ2n) is 5.31. The minimum Gasteiger partial charge on any atom is -0.496 e. The molecule has 25 heavy (non-hydrogen) atoms. The van der Waals surface area contributed by atoms with Gasteiger partial charge in [-0.05, 0) is 25.1 Å². The Morgan fingerprint density at radius 2 is 2.04 bits per heavy atom. The molecule has 0 aliphatic rings. The van der Waals surface area contributed by atoms with Gasteiger partial charge < -0.3 is 19.0 Å². The highest BCUT2D eigenvalue weighted by atomic mass is 16.5. The highest BCUT2D eigenvalue weighted by Crippen LogP contribution is 2.29. The van der Waals surface area contributed by atoms with Crippen LogP contribution in [0.15, 0.2) is 47.1 Å². The number of hydrogen-bond acceptors (Lipinski definition) is 6. The summed E-state index contributed by atoms with van der Waals surface area (Å²) in [7, 11) is 1.58. The number of benzene rings is 1. The first-order valence-corrected chi connectivity index (χ1v) is 7.54.